The largest absolute Gasteiger partial charge is 0.490 e. The van der Waals surface area contributed by atoms with Crippen LogP contribution in [0.15, 0.2) is 5.38 Å². The first kappa shape index (κ1) is 18.7. The molecule has 3 rings (SSSR count). The van der Waals surface area contributed by atoms with E-state index >= 15 is 0 Å². The van der Waals surface area contributed by atoms with Crippen LogP contribution in [0.2, 0.25) is 0 Å². The molecule has 0 spiro atoms. The molecule has 0 radical (unpaired) electrons. The smallest absolute Gasteiger partial charge is 0.475 e. The van der Waals surface area contributed by atoms with Gasteiger partial charge in [0.05, 0.1) is 10.7 Å². The van der Waals surface area contributed by atoms with Crippen molar-refractivity contribution < 1.29 is 27.9 Å². The predicted octanol–water partition coefficient (Wildman–Crippen LogP) is 1.89. The molecule has 0 aliphatic carbocycles. The van der Waals surface area contributed by atoms with E-state index < -0.39 is 12.1 Å². The number of alkyl halides is 3. The number of aromatic nitrogens is 1. The van der Waals surface area contributed by atoms with Crippen molar-refractivity contribution >= 4 is 23.2 Å². The second-order valence-corrected chi connectivity index (χ2v) is 6.83. The summed E-state index contributed by atoms with van der Waals surface area (Å²) in [6.07, 6.45) is -3.29. The Bertz CT molecular complexity index is 620. The summed E-state index contributed by atoms with van der Waals surface area (Å²) in [6.45, 7) is 4.02. The molecular formula is C14H18F3N3O3S. The van der Waals surface area contributed by atoms with Crippen molar-refractivity contribution in [3.63, 3.8) is 0 Å². The summed E-state index contributed by atoms with van der Waals surface area (Å²) in [4.78, 5) is 29.4. The summed E-state index contributed by atoms with van der Waals surface area (Å²) in [5.41, 5.74) is 1.15. The molecule has 2 saturated heterocycles. The summed E-state index contributed by atoms with van der Waals surface area (Å²) in [5, 5.41) is 10.4. The van der Waals surface area contributed by atoms with Crippen molar-refractivity contribution in [3.8, 4) is 0 Å². The second-order valence-electron chi connectivity index (χ2n) is 5.76. The molecule has 2 aliphatic rings. The van der Waals surface area contributed by atoms with Crippen LogP contribution >= 0.6 is 11.3 Å². The van der Waals surface area contributed by atoms with Crippen molar-refractivity contribution in [1.29, 1.82) is 0 Å². The lowest BCUT2D eigenvalue weighted by Gasteiger charge is -2.22. The van der Waals surface area contributed by atoms with Gasteiger partial charge in [0.25, 0.3) is 0 Å². The highest BCUT2D eigenvalue weighted by Gasteiger charge is 2.44. The van der Waals surface area contributed by atoms with Crippen LogP contribution in [-0.2, 0) is 16.1 Å². The number of carboxylic acid groups (broad SMARTS) is 1. The number of carbonyl (C=O) groups is 2. The molecule has 10 heteroatoms. The molecule has 0 saturated carbocycles. The molecule has 1 aromatic heterocycles. The third-order valence-electron chi connectivity index (χ3n) is 4.17. The minimum Gasteiger partial charge on any atom is -0.475 e. The molecule has 1 aromatic rings. The maximum absolute atomic E-state index is 11.7. The lowest BCUT2D eigenvalue weighted by Crippen LogP contribution is -2.34. The van der Waals surface area contributed by atoms with Crippen molar-refractivity contribution in [1.82, 2.24) is 14.8 Å². The molecule has 3 heterocycles. The fourth-order valence-electron chi connectivity index (χ4n) is 3.01. The summed E-state index contributed by atoms with van der Waals surface area (Å²) < 4.78 is 31.7. The van der Waals surface area contributed by atoms with Gasteiger partial charge in [-0.2, -0.15) is 13.2 Å². The van der Waals surface area contributed by atoms with E-state index in [9.17, 15) is 18.0 Å². The molecule has 0 aromatic carbocycles. The number of halogens is 3. The van der Waals surface area contributed by atoms with Crippen molar-refractivity contribution in [2.75, 3.05) is 13.6 Å². The van der Waals surface area contributed by atoms with Gasteiger partial charge in [0.2, 0.25) is 5.91 Å². The number of nitrogens with zero attached hydrogens (tertiary/aromatic N) is 3. The zero-order valence-electron chi connectivity index (χ0n) is 13.2. The van der Waals surface area contributed by atoms with Crippen molar-refractivity contribution in [2.45, 2.75) is 44.6 Å². The lowest BCUT2D eigenvalue weighted by molar-refractivity contribution is -0.192. The fourth-order valence-corrected chi connectivity index (χ4v) is 3.61. The van der Waals surface area contributed by atoms with Crippen molar-refractivity contribution in [3.05, 3.63) is 16.1 Å². The first-order valence-electron chi connectivity index (χ1n) is 7.30. The molecule has 134 valence electrons. The Hall–Kier alpha value is -1.68. The number of carboxylic acids is 1. The van der Waals surface area contributed by atoms with Gasteiger partial charge in [0.1, 0.15) is 0 Å². The van der Waals surface area contributed by atoms with Gasteiger partial charge in [-0.25, -0.2) is 9.78 Å². The summed E-state index contributed by atoms with van der Waals surface area (Å²) >= 11 is 1.70. The Morgan fingerprint density at radius 3 is 2.58 bits per heavy atom. The molecule has 1 amide bonds. The van der Waals surface area contributed by atoms with Crippen LogP contribution in [0.3, 0.4) is 0 Å². The molecule has 6 nitrogen and oxygen atoms in total. The Balaban J connectivity index is 0.000000256. The highest BCUT2D eigenvalue weighted by Crippen LogP contribution is 2.32. The number of carbonyl (C=O) groups excluding carboxylic acids is 1. The highest BCUT2D eigenvalue weighted by molar-refractivity contribution is 7.09. The van der Waals surface area contributed by atoms with Gasteiger partial charge in [-0.1, -0.05) is 0 Å². The Morgan fingerprint density at radius 1 is 1.46 bits per heavy atom. The first-order chi connectivity index (χ1) is 11.1. The molecule has 2 fully saturated rings. The minimum atomic E-state index is -5.08. The second kappa shape index (κ2) is 7.06. The fraction of sp³-hybridized carbons (Fsp3) is 0.643. The Kier molecular flexibility index (Phi) is 5.49. The van der Waals surface area contributed by atoms with Crippen molar-refractivity contribution in [2.24, 2.45) is 0 Å². The lowest BCUT2D eigenvalue weighted by atomic mass is 10.1. The van der Waals surface area contributed by atoms with E-state index in [0.29, 0.717) is 24.4 Å². The zero-order valence-corrected chi connectivity index (χ0v) is 14.0. The van der Waals surface area contributed by atoms with Crippen LogP contribution in [-0.4, -0.2) is 63.6 Å². The zero-order chi connectivity index (χ0) is 18.1. The molecule has 2 unspecified atom stereocenters. The Labute approximate surface area is 140 Å². The van der Waals surface area contributed by atoms with Gasteiger partial charge < -0.3 is 10.0 Å². The third kappa shape index (κ3) is 4.23. The van der Waals surface area contributed by atoms with E-state index in [0.717, 1.165) is 30.2 Å². The first-order valence-corrected chi connectivity index (χ1v) is 8.18. The van der Waals surface area contributed by atoms with Crippen LogP contribution in [0.1, 0.15) is 23.5 Å². The maximum atomic E-state index is 11.7. The Morgan fingerprint density at radius 2 is 2.08 bits per heavy atom. The van der Waals surface area contributed by atoms with E-state index in [1.807, 2.05) is 18.9 Å². The third-order valence-corrected chi connectivity index (χ3v) is 5.00. The summed E-state index contributed by atoms with van der Waals surface area (Å²) in [6, 6.07) is 0.844. The van der Waals surface area contributed by atoms with Gasteiger partial charge in [-0.15, -0.1) is 11.3 Å². The van der Waals surface area contributed by atoms with Crippen LogP contribution in [0.25, 0.3) is 0 Å². The number of amides is 1. The van der Waals surface area contributed by atoms with E-state index in [4.69, 9.17) is 9.90 Å². The van der Waals surface area contributed by atoms with Gasteiger partial charge in [-0.3, -0.25) is 9.69 Å². The van der Waals surface area contributed by atoms with E-state index in [1.54, 1.807) is 11.3 Å². The maximum Gasteiger partial charge on any atom is 0.490 e. The predicted molar refractivity (Wildman–Crippen MR) is 80.5 cm³/mol. The summed E-state index contributed by atoms with van der Waals surface area (Å²) in [7, 11) is 1.93. The molecule has 2 aliphatic heterocycles. The normalized spacial score (nSPS) is 23.9. The monoisotopic (exact) mass is 365 g/mol. The number of thiazole rings is 1. The molecule has 2 atom stereocenters. The number of hydrogen-bond donors (Lipinski definition) is 1. The standard InChI is InChI=1S/C12H17N3OS.C2HF3O2/c1-8-13-9(7-17-8)6-15-4-3-10-11(15)5-12(16)14(10)2;3-2(4,5)1(6)7/h7,10-11H,3-6H2,1-2H3;(H,6,7). The number of rotatable bonds is 2. The van der Waals surface area contributed by atoms with E-state index in [1.165, 1.54) is 0 Å². The average molecular weight is 365 g/mol. The number of hydrogen-bond acceptors (Lipinski definition) is 5. The van der Waals surface area contributed by atoms with Gasteiger partial charge in [0, 0.05) is 44.0 Å². The number of aryl methyl sites for hydroxylation is 1. The molecule has 1 N–H and O–H groups in total. The topological polar surface area (TPSA) is 73.7 Å². The highest BCUT2D eigenvalue weighted by atomic mass is 32.1. The minimum absolute atomic E-state index is 0.291. The number of aliphatic carboxylic acids is 1. The van der Waals surface area contributed by atoms with Crippen LogP contribution in [0.5, 0.6) is 0 Å². The summed E-state index contributed by atoms with van der Waals surface area (Å²) in [5.74, 6) is -2.47. The van der Waals surface area contributed by atoms with Gasteiger partial charge in [0.15, 0.2) is 0 Å². The number of likely N-dealkylation sites (tertiary alicyclic amines) is 2. The molecule has 24 heavy (non-hydrogen) atoms. The van der Waals surface area contributed by atoms with Crippen LogP contribution in [0, 0.1) is 6.92 Å². The SMILES string of the molecule is Cc1nc(CN2CCC3C2CC(=O)N3C)cs1.O=C(O)C(F)(F)F. The van der Waals surface area contributed by atoms with Crippen LogP contribution < -0.4 is 0 Å². The van der Waals surface area contributed by atoms with Gasteiger partial charge in [-0.05, 0) is 13.3 Å². The van der Waals surface area contributed by atoms with Gasteiger partial charge >= 0.3 is 12.1 Å². The van der Waals surface area contributed by atoms with Crippen LogP contribution in [0.4, 0.5) is 13.2 Å². The van der Waals surface area contributed by atoms with E-state index in [-0.39, 0.29) is 0 Å². The average Bonchev–Trinajstić information content (AvgIpc) is 3.12. The molecular weight excluding hydrogens is 347 g/mol. The molecule has 0 bridgehead atoms. The number of fused-ring (bicyclic) bond motifs is 1. The number of likely N-dealkylation sites (N-methyl/N-ethyl adjacent to an activating group) is 1. The quantitative estimate of drug-likeness (QED) is 0.866. The van der Waals surface area contributed by atoms with E-state index in [2.05, 4.69) is 15.3 Å².